The van der Waals surface area contributed by atoms with Crippen molar-refractivity contribution >= 4 is 35.3 Å². The second-order valence-electron chi connectivity index (χ2n) is 4.92. The third kappa shape index (κ3) is 3.76. The van der Waals surface area contributed by atoms with Gasteiger partial charge in [0.2, 0.25) is 0 Å². The van der Waals surface area contributed by atoms with Crippen molar-refractivity contribution in [2.24, 2.45) is 4.99 Å². The van der Waals surface area contributed by atoms with Crippen LogP contribution in [-0.2, 0) is 0 Å². The van der Waals surface area contributed by atoms with Crippen LogP contribution in [0.1, 0.15) is 5.56 Å². The highest BCUT2D eigenvalue weighted by Gasteiger charge is 2.19. The molecule has 1 heterocycles. The summed E-state index contributed by atoms with van der Waals surface area (Å²) in [6.07, 6.45) is 2.15. The summed E-state index contributed by atoms with van der Waals surface area (Å²) >= 11 is 7.91. The maximum absolute atomic E-state index is 6.00. The number of thioether (sulfide) groups is 1. The molecule has 3 rings (SSSR count). The predicted molar refractivity (Wildman–Crippen MR) is 93.4 cm³/mol. The Balaban J connectivity index is 1.70. The summed E-state index contributed by atoms with van der Waals surface area (Å²) in [5.41, 5.74) is 1.71. The Morgan fingerprint density at radius 2 is 1.95 bits per heavy atom. The molecule has 114 valence electrons. The maximum atomic E-state index is 6.00. The molecule has 1 aliphatic heterocycles. The first-order chi connectivity index (χ1) is 10.7. The minimum atomic E-state index is 0.361. The largest absolute Gasteiger partial charge is 0.494 e. The van der Waals surface area contributed by atoms with Crippen LogP contribution in [0.2, 0.25) is 5.02 Å². The molecule has 22 heavy (non-hydrogen) atoms. The van der Waals surface area contributed by atoms with Crippen molar-refractivity contribution in [3.8, 4) is 11.5 Å². The standard InChI is InChI=1S/C17H16ClNO2S/c1-20-17-7-4-13(18)8-16(17)19-9-12-2-5-14(6-3-12)21-15-10-22-11-15/h2-9,15H,10-11H2,1H3. The topological polar surface area (TPSA) is 30.8 Å². The number of ether oxygens (including phenoxy) is 2. The molecular formula is C17H16ClNO2S. The van der Waals surface area contributed by atoms with Gasteiger partial charge in [-0.15, -0.1) is 0 Å². The zero-order chi connectivity index (χ0) is 15.4. The molecule has 0 amide bonds. The third-order valence-electron chi connectivity index (χ3n) is 3.28. The molecule has 0 spiro atoms. The number of hydrogen-bond donors (Lipinski definition) is 0. The molecule has 0 atom stereocenters. The molecule has 1 saturated heterocycles. The van der Waals surface area contributed by atoms with Gasteiger partial charge < -0.3 is 9.47 Å². The highest BCUT2D eigenvalue weighted by molar-refractivity contribution is 8.00. The van der Waals surface area contributed by atoms with Gasteiger partial charge in [-0.2, -0.15) is 11.8 Å². The zero-order valence-electron chi connectivity index (χ0n) is 12.2. The molecule has 0 aliphatic carbocycles. The van der Waals surface area contributed by atoms with Crippen LogP contribution in [-0.4, -0.2) is 30.9 Å². The van der Waals surface area contributed by atoms with Crippen LogP contribution in [0.3, 0.4) is 0 Å². The monoisotopic (exact) mass is 333 g/mol. The second kappa shape index (κ2) is 7.07. The van der Waals surface area contributed by atoms with Crippen LogP contribution >= 0.6 is 23.4 Å². The van der Waals surface area contributed by atoms with E-state index in [0.717, 1.165) is 22.8 Å². The van der Waals surface area contributed by atoms with Crippen molar-refractivity contribution in [2.75, 3.05) is 18.6 Å². The molecule has 2 aromatic carbocycles. The molecule has 0 radical (unpaired) electrons. The van der Waals surface area contributed by atoms with Gasteiger partial charge >= 0.3 is 0 Å². The van der Waals surface area contributed by atoms with E-state index in [4.69, 9.17) is 21.1 Å². The molecule has 1 aliphatic rings. The maximum Gasteiger partial charge on any atom is 0.144 e. The van der Waals surface area contributed by atoms with Gasteiger partial charge in [0.15, 0.2) is 0 Å². The predicted octanol–water partition coefficient (Wildman–Crippen LogP) is 4.59. The Bertz CT molecular complexity index is 669. The first-order valence-corrected chi connectivity index (χ1v) is 8.50. The minimum Gasteiger partial charge on any atom is -0.494 e. The molecular weight excluding hydrogens is 318 g/mol. The Kier molecular flexibility index (Phi) is 4.90. The van der Waals surface area contributed by atoms with Crippen LogP contribution in [0.25, 0.3) is 0 Å². The molecule has 2 aromatic rings. The number of methoxy groups -OCH3 is 1. The summed E-state index contributed by atoms with van der Waals surface area (Å²) < 4.78 is 11.1. The van der Waals surface area contributed by atoms with Crippen molar-refractivity contribution in [1.82, 2.24) is 0 Å². The number of rotatable bonds is 5. The molecule has 0 unspecified atom stereocenters. The van der Waals surface area contributed by atoms with E-state index in [1.54, 1.807) is 25.5 Å². The van der Waals surface area contributed by atoms with Crippen LogP contribution in [0.15, 0.2) is 47.5 Å². The number of benzene rings is 2. The lowest BCUT2D eigenvalue weighted by Gasteiger charge is -2.25. The third-order valence-corrected chi connectivity index (χ3v) is 4.73. The summed E-state index contributed by atoms with van der Waals surface area (Å²) in [7, 11) is 1.62. The molecule has 0 aromatic heterocycles. The van der Waals surface area contributed by atoms with Crippen molar-refractivity contribution in [1.29, 1.82) is 0 Å². The van der Waals surface area contributed by atoms with Crippen LogP contribution in [0.5, 0.6) is 11.5 Å². The molecule has 0 saturated carbocycles. The van der Waals surface area contributed by atoms with Gasteiger partial charge in [-0.3, -0.25) is 4.99 Å². The van der Waals surface area contributed by atoms with Gasteiger partial charge in [-0.1, -0.05) is 11.6 Å². The van der Waals surface area contributed by atoms with Gasteiger partial charge in [0.25, 0.3) is 0 Å². The van der Waals surface area contributed by atoms with Crippen LogP contribution < -0.4 is 9.47 Å². The van der Waals surface area contributed by atoms with E-state index in [9.17, 15) is 0 Å². The lowest BCUT2D eigenvalue weighted by Crippen LogP contribution is -2.30. The summed E-state index contributed by atoms with van der Waals surface area (Å²) in [5.74, 6) is 3.76. The zero-order valence-corrected chi connectivity index (χ0v) is 13.7. The Morgan fingerprint density at radius 1 is 1.18 bits per heavy atom. The van der Waals surface area contributed by atoms with Gasteiger partial charge in [-0.05, 0) is 48.0 Å². The van der Waals surface area contributed by atoms with Crippen molar-refractivity contribution in [2.45, 2.75) is 6.10 Å². The molecule has 0 N–H and O–H groups in total. The van der Waals surface area contributed by atoms with Crippen molar-refractivity contribution < 1.29 is 9.47 Å². The number of aliphatic imine (C=N–C) groups is 1. The summed E-state index contributed by atoms with van der Waals surface area (Å²) in [6.45, 7) is 0. The van der Waals surface area contributed by atoms with Gasteiger partial charge in [-0.25, -0.2) is 0 Å². The average Bonchev–Trinajstić information content (AvgIpc) is 2.50. The number of nitrogens with zero attached hydrogens (tertiary/aromatic N) is 1. The normalized spacial score (nSPS) is 14.8. The summed E-state index contributed by atoms with van der Waals surface area (Å²) in [5, 5.41) is 0.634. The van der Waals surface area contributed by atoms with Gasteiger partial charge in [0.05, 0.1) is 7.11 Å². The lowest BCUT2D eigenvalue weighted by molar-refractivity contribution is 0.240. The first-order valence-electron chi connectivity index (χ1n) is 6.96. The minimum absolute atomic E-state index is 0.361. The van der Waals surface area contributed by atoms with Gasteiger partial charge in [0.1, 0.15) is 23.3 Å². The Morgan fingerprint density at radius 3 is 2.59 bits per heavy atom. The Hall–Kier alpha value is -1.65. The summed E-state index contributed by atoms with van der Waals surface area (Å²) in [4.78, 5) is 4.45. The van der Waals surface area contributed by atoms with Crippen LogP contribution in [0, 0.1) is 0 Å². The molecule has 3 nitrogen and oxygen atoms in total. The smallest absolute Gasteiger partial charge is 0.144 e. The van der Waals surface area contributed by atoms with Crippen LogP contribution in [0.4, 0.5) is 5.69 Å². The highest BCUT2D eigenvalue weighted by Crippen LogP contribution is 2.30. The van der Waals surface area contributed by atoms with E-state index in [2.05, 4.69) is 4.99 Å². The van der Waals surface area contributed by atoms with Crippen molar-refractivity contribution in [3.05, 3.63) is 53.1 Å². The fourth-order valence-electron chi connectivity index (χ4n) is 2.02. The fourth-order valence-corrected chi connectivity index (χ4v) is 2.75. The molecule has 5 heteroatoms. The number of halogens is 1. The van der Waals surface area contributed by atoms with E-state index in [1.807, 2.05) is 42.1 Å². The van der Waals surface area contributed by atoms with E-state index in [0.29, 0.717) is 22.6 Å². The fraction of sp³-hybridized carbons (Fsp3) is 0.235. The van der Waals surface area contributed by atoms with Gasteiger partial charge in [0, 0.05) is 22.7 Å². The first kappa shape index (κ1) is 15.3. The van der Waals surface area contributed by atoms with E-state index < -0.39 is 0 Å². The molecule has 1 fully saturated rings. The molecule has 0 bridgehead atoms. The average molecular weight is 334 g/mol. The lowest BCUT2D eigenvalue weighted by atomic mass is 10.2. The number of hydrogen-bond acceptors (Lipinski definition) is 4. The van der Waals surface area contributed by atoms with E-state index >= 15 is 0 Å². The summed E-state index contributed by atoms with van der Waals surface area (Å²) in [6, 6.07) is 13.3. The van der Waals surface area contributed by atoms with E-state index in [-0.39, 0.29) is 0 Å². The SMILES string of the molecule is COc1ccc(Cl)cc1N=Cc1ccc(OC2CSC2)cc1. The quantitative estimate of drug-likeness (QED) is 0.750. The second-order valence-corrected chi connectivity index (χ2v) is 6.43. The Labute approximate surface area is 139 Å². The van der Waals surface area contributed by atoms with E-state index in [1.165, 1.54) is 0 Å². The van der Waals surface area contributed by atoms with Crippen molar-refractivity contribution in [3.63, 3.8) is 0 Å². The highest BCUT2D eigenvalue weighted by atomic mass is 35.5.